The van der Waals surface area contributed by atoms with Gasteiger partial charge in [-0.05, 0) is 54.0 Å². The molecule has 0 bridgehead atoms. The van der Waals surface area contributed by atoms with Crippen molar-refractivity contribution in [3.8, 4) is 0 Å². The second-order valence-corrected chi connectivity index (χ2v) is 13.0. The van der Waals surface area contributed by atoms with E-state index in [-0.39, 0.29) is 0 Å². The maximum Gasteiger partial charge on any atom is 0.352 e. The highest BCUT2D eigenvalue weighted by atomic mass is 80.0. The number of alkyl halides is 3. The fraction of sp³-hybridized carbons (Fsp3) is 0.750. The Morgan fingerprint density at radius 1 is 1.54 bits per heavy atom. The molecule has 0 aliphatic rings. The summed E-state index contributed by atoms with van der Waals surface area (Å²) in [6.45, 7) is -3.11. The van der Waals surface area contributed by atoms with Crippen LogP contribution in [0.1, 0.15) is 0 Å². The molecule has 0 aromatic heterocycles. The Morgan fingerprint density at radius 3 is 2.23 bits per heavy atom. The van der Waals surface area contributed by atoms with Crippen molar-refractivity contribution >= 4 is 71.8 Å². The van der Waals surface area contributed by atoms with Crippen LogP contribution in [0.25, 0.3) is 0 Å². The predicted molar refractivity (Wildman–Crippen MR) is 65.8 cm³/mol. The van der Waals surface area contributed by atoms with Crippen molar-refractivity contribution in [2.75, 3.05) is 13.4 Å². The van der Waals surface area contributed by atoms with E-state index in [0.717, 1.165) is 11.4 Å². The summed E-state index contributed by atoms with van der Waals surface area (Å²) in [7, 11) is 1.27. The van der Waals surface area contributed by atoms with Crippen LogP contribution >= 0.6 is 65.9 Å². The van der Waals surface area contributed by atoms with E-state index in [1.807, 2.05) is 0 Å². The molecule has 0 saturated heterocycles. The first-order valence-corrected chi connectivity index (χ1v) is 8.69. The molecule has 0 aromatic carbocycles. The van der Waals surface area contributed by atoms with Gasteiger partial charge in [-0.2, -0.15) is 0 Å². The molecular formula is C4H7Br3NO3PS. The number of halogens is 3. The lowest BCUT2D eigenvalue weighted by molar-refractivity contribution is -0.117. The first kappa shape index (κ1) is 14.5. The number of carbonyl (C=O) groups excluding carboxylic acids is 1. The summed E-state index contributed by atoms with van der Waals surface area (Å²) in [4.78, 5) is 11.3. The molecular weight excluding hydrogens is 413 g/mol. The van der Waals surface area contributed by atoms with E-state index < -0.39 is 14.8 Å². The molecule has 1 amide bonds. The Hall–Kier alpha value is 1.45. The highest BCUT2D eigenvalue weighted by molar-refractivity contribution is 9.40. The predicted octanol–water partition coefficient (Wildman–Crippen LogP) is 3.06. The zero-order valence-electron chi connectivity index (χ0n) is 6.71. The maximum absolute atomic E-state index is 11.6. The average Bonchev–Trinajstić information content (AvgIpc) is 2.02. The van der Waals surface area contributed by atoms with E-state index in [4.69, 9.17) is 0 Å². The number of carbonyl (C=O) groups is 1. The summed E-state index contributed by atoms with van der Waals surface area (Å²) in [6, 6.07) is 0. The molecule has 9 heteroatoms. The molecule has 13 heavy (non-hydrogen) atoms. The molecule has 0 aromatic rings. The third-order valence-electron chi connectivity index (χ3n) is 0.977. The standard InChI is InChI=1S/C4H7Br3NO3PS/c1-11-12(10,13-2)8-3(9)4(5,6)7/h1-2H3,(H,8,9,10). The molecule has 1 N–H and O–H groups in total. The van der Waals surface area contributed by atoms with Gasteiger partial charge in [0.15, 0.2) is 0 Å². The molecule has 1 unspecified atom stereocenters. The van der Waals surface area contributed by atoms with Crippen molar-refractivity contribution in [1.29, 1.82) is 0 Å². The molecule has 0 radical (unpaired) electrons. The first-order chi connectivity index (χ1) is 5.75. The Balaban J connectivity index is 4.45. The van der Waals surface area contributed by atoms with Crippen LogP contribution in [-0.4, -0.2) is 21.4 Å². The number of rotatable bonds is 3. The Kier molecular flexibility index (Phi) is 6.13. The summed E-state index contributed by atoms with van der Waals surface area (Å²) < 4.78 is 15.1. The molecule has 0 spiro atoms. The minimum absolute atomic E-state index is 0.521. The fourth-order valence-corrected chi connectivity index (χ4v) is 2.83. The van der Waals surface area contributed by atoms with E-state index in [1.165, 1.54) is 7.11 Å². The molecule has 0 saturated carbocycles. The van der Waals surface area contributed by atoms with Crippen LogP contribution in [0.3, 0.4) is 0 Å². The topological polar surface area (TPSA) is 55.4 Å². The first-order valence-electron chi connectivity index (χ1n) is 2.86. The monoisotopic (exact) mass is 417 g/mol. The van der Waals surface area contributed by atoms with Crippen LogP contribution in [-0.2, 0) is 13.9 Å². The van der Waals surface area contributed by atoms with Crippen LogP contribution in [0.4, 0.5) is 0 Å². The summed E-state index contributed by atoms with van der Waals surface area (Å²) >= 11 is 9.93. The van der Waals surface area contributed by atoms with Gasteiger partial charge in [-0.3, -0.25) is 14.4 Å². The van der Waals surface area contributed by atoms with Crippen molar-refractivity contribution < 1.29 is 13.9 Å². The van der Waals surface area contributed by atoms with E-state index >= 15 is 0 Å². The van der Waals surface area contributed by atoms with E-state index in [9.17, 15) is 9.36 Å². The highest BCUT2D eigenvalue weighted by Gasteiger charge is 2.34. The van der Waals surface area contributed by atoms with Gasteiger partial charge in [-0.25, -0.2) is 0 Å². The Labute approximate surface area is 106 Å². The van der Waals surface area contributed by atoms with Gasteiger partial charge in [0.2, 0.25) is 2.14 Å². The summed E-state index contributed by atoms with van der Waals surface area (Å²) in [5, 5.41) is 2.25. The van der Waals surface area contributed by atoms with Crippen molar-refractivity contribution in [3.63, 3.8) is 0 Å². The second-order valence-electron chi connectivity index (χ2n) is 1.80. The maximum atomic E-state index is 11.6. The summed E-state index contributed by atoms with van der Waals surface area (Å²) in [5.41, 5.74) is 0. The lowest BCUT2D eigenvalue weighted by atomic mass is 10.8. The van der Waals surface area contributed by atoms with Crippen LogP contribution in [0.5, 0.6) is 0 Å². The number of hydrogen-bond acceptors (Lipinski definition) is 4. The molecule has 0 heterocycles. The van der Waals surface area contributed by atoms with Crippen LogP contribution in [0.2, 0.25) is 0 Å². The molecule has 78 valence electrons. The minimum atomic E-state index is -3.11. The van der Waals surface area contributed by atoms with Gasteiger partial charge >= 0.3 is 6.72 Å². The quantitative estimate of drug-likeness (QED) is 0.564. The van der Waals surface area contributed by atoms with Gasteiger partial charge in [-0.1, -0.05) is 11.4 Å². The Bertz CT molecular complexity index is 235. The lowest BCUT2D eigenvalue weighted by Gasteiger charge is -2.18. The Morgan fingerprint density at radius 2 is 2.00 bits per heavy atom. The van der Waals surface area contributed by atoms with Crippen molar-refractivity contribution in [2.24, 2.45) is 0 Å². The molecule has 4 nitrogen and oxygen atoms in total. The van der Waals surface area contributed by atoms with E-state index in [0.29, 0.717) is 0 Å². The number of nitrogens with one attached hydrogen (secondary N) is 1. The van der Waals surface area contributed by atoms with Gasteiger partial charge < -0.3 is 4.52 Å². The molecule has 0 aliphatic carbocycles. The van der Waals surface area contributed by atoms with Crippen molar-refractivity contribution in [1.82, 2.24) is 5.09 Å². The second kappa shape index (κ2) is 5.51. The van der Waals surface area contributed by atoms with E-state index in [1.54, 1.807) is 6.26 Å². The average molecular weight is 420 g/mol. The minimum Gasteiger partial charge on any atom is -0.309 e. The molecule has 0 fully saturated rings. The summed E-state index contributed by atoms with van der Waals surface area (Å²) in [5.74, 6) is -0.521. The van der Waals surface area contributed by atoms with Gasteiger partial charge in [-0.15, -0.1) is 0 Å². The summed E-state index contributed by atoms with van der Waals surface area (Å²) in [6.07, 6.45) is 1.59. The smallest absolute Gasteiger partial charge is 0.309 e. The van der Waals surface area contributed by atoms with Gasteiger partial charge in [0.25, 0.3) is 5.91 Å². The lowest BCUT2D eigenvalue weighted by Crippen LogP contribution is -2.30. The van der Waals surface area contributed by atoms with Gasteiger partial charge in [0.05, 0.1) is 0 Å². The fourth-order valence-electron chi connectivity index (χ4n) is 0.354. The van der Waals surface area contributed by atoms with Crippen LogP contribution < -0.4 is 5.09 Å². The van der Waals surface area contributed by atoms with Crippen molar-refractivity contribution in [3.05, 3.63) is 0 Å². The zero-order valence-corrected chi connectivity index (χ0v) is 13.2. The van der Waals surface area contributed by atoms with Crippen LogP contribution in [0.15, 0.2) is 0 Å². The number of hydrogen-bond donors (Lipinski definition) is 1. The normalized spacial score (nSPS) is 16.4. The zero-order chi connectivity index (χ0) is 10.7. The van der Waals surface area contributed by atoms with E-state index in [2.05, 4.69) is 57.4 Å². The molecule has 0 rings (SSSR count). The molecule has 1 atom stereocenters. The number of amides is 1. The highest BCUT2D eigenvalue weighted by Crippen LogP contribution is 2.54. The van der Waals surface area contributed by atoms with Gasteiger partial charge in [0.1, 0.15) is 0 Å². The SMILES string of the molecule is COP(=O)(NC(=O)C(Br)(Br)Br)SC. The third kappa shape index (κ3) is 5.18. The van der Waals surface area contributed by atoms with Gasteiger partial charge in [0, 0.05) is 7.11 Å². The van der Waals surface area contributed by atoms with Crippen molar-refractivity contribution in [2.45, 2.75) is 2.14 Å². The largest absolute Gasteiger partial charge is 0.352 e. The van der Waals surface area contributed by atoms with Crippen LogP contribution in [0, 0.1) is 0 Å². The molecule has 0 aliphatic heterocycles. The third-order valence-corrected chi connectivity index (χ3v) is 5.66.